The number of hydrogen-bond donors (Lipinski definition) is 3. The molecule has 0 fully saturated rings. The van der Waals surface area contributed by atoms with Crippen LogP contribution >= 0.6 is 11.6 Å². The van der Waals surface area contributed by atoms with Gasteiger partial charge in [0.05, 0.1) is 10.7 Å². The van der Waals surface area contributed by atoms with Crippen LogP contribution in [-0.4, -0.2) is 30.1 Å². The number of halogens is 1. The van der Waals surface area contributed by atoms with Crippen molar-refractivity contribution in [2.45, 2.75) is 32.6 Å². The highest BCUT2D eigenvalue weighted by atomic mass is 35.5. The van der Waals surface area contributed by atoms with Gasteiger partial charge in [0.25, 0.3) is 0 Å². The molecule has 21 heavy (non-hydrogen) atoms. The summed E-state index contributed by atoms with van der Waals surface area (Å²) in [4.78, 5) is 19.4. The molecule has 0 bridgehead atoms. The first-order chi connectivity index (χ1) is 10.1. The number of unbranched alkanes of at least 4 members (excludes halogenated alkanes) is 1. The second-order valence-electron chi connectivity index (χ2n) is 4.54. The lowest BCUT2D eigenvalue weighted by Crippen LogP contribution is -2.44. The topological polar surface area (TPSA) is 92.4 Å². The van der Waals surface area contributed by atoms with Crippen molar-refractivity contribution in [3.63, 3.8) is 0 Å². The number of amides is 2. The van der Waals surface area contributed by atoms with Gasteiger partial charge in [0.1, 0.15) is 0 Å². The largest absolute Gasteiger partial charge is 0.356 e. The van der Waals surface area contributed by atoms with Gasteiger partial charge in [-0.1, -0.05) is 24.9 Å². The van der Waals surface area contributed by atoms with Crippen LogP contribution < -0.4 is 16.4 Å². The number of nitrogens with two attached hydrogens (primary N) is 1. The van der Waals surface area contributed by atoms with Crippen molar-refractivity contribution in [3.8, 4) is 0 Å². The van der Waals surface area contributed by atoms with Crippen LogP contribution in [0.15, 0.2) is 23.3 Å². The van der Waals surface area contributed by atoms with E-state index in [-0.39, 0.29) is 0 Å². The second kappa shape index (κ2) is 9.99. The van der Waals surface area contributed by atoms with Crippen molar-refractivity contribution in [2.24, 2.45) is 10.7 Å². The van der Waals surface area contributed by atoms with Crippen molar-refractivity contribution in [1.82, 2.24) is 15.6 Å². The monoisotopic (exact) mass is 311 g/mol. The molecule has 6 nitrogen and oxygen atoms in total. The fraction of sp³-hybridized carbons (Fsp3) is 0.500. The van der Waals surface area contributed by atoms with Crippen LogP contribution in [0.4, 0.5) is 4.79 Å². The Morgan fingerprint density at radius 1 is 1.48 bits per heavy atom. The van der Waals surface area contributed by atoms with Crippen LogP contribution in [0.2, 0.25) is 5.02 Å². The zero-order valence-electron chi connectivity index (χ0n) is 12.2. The summed E-state index contributed by atoms with van der Waals surface area (Å²) in [6.07, 6.45) is 5.31. The maximum absolute atomic E-state index is 10.9. The lowest BCUT2D eigenvalue weighted by atomic mass is 10.2. The van der Waals surface area contributed by atoms with Gasteiger partial charge in [-0.05, 0) is 31.4 Å². The first-order valence-corrected chi connectivity index (χ1v) is 7.45. The van der Waals surface area contributed by atoms with Gasteiger partial charge in [-0.2, -0.15) is 0 Å². The summed E-state index contributed by atoms with van der Waals surface area (Å²) in [5, 5.41) is 6.21. The molecule has 0 spiro atoms. The number of rotatable bonds is 7. The van der Waals surface area contributed by atoms with E-state index in [0.29, 0.717) is 17.5 Å². The van der Waals surface area contributed by atoms with E-state index < -0.39 is 6.03 Å². The second-order valence-corrected chi connectivity index (χ2v) is 4.94. The molecular formula is C14H22ClN5O. The Balaban J connectivity index is 2.42. The highest BCUT2D eigenvalue weighted by Gasteiger charge is 2.02. The SMILES string of the molecule is CCCCNC(=NCCCc1ncccc1Cl)NC(N)=O. The molecule has 1 aromatic rings. The van der Waals surface area contributed by atoms with Crippen LogP contribution in [0.3, 0.4) is 0 Å². The normalized spacial score (nSPS) is 11.2. The van der Waals surface area contributed by atoms with E-state index in [1.54, 1.807) is 12.3 Å². The van der Waals surface area contributed by atoms with Crippen LogP contribution in [0.1, 0.15) is 31.9 Å². The van der Waals surface area contributed by atoms with Crippen molar-refractivity contribution in [1.29, 1.82) is 0 Å². The maximum atomic E-state index is 10.9. The van der Waals surface area contributed by atoms with E-state index in [9.17, 15) is 4.79 Å². The molecule has 0 radical (unpaired) electrons. The molecule has 2 amide bonds. The fourth-order valence-corrected chi connectivity index (χ4v) is 1.90. The fourth-order valence-electron chi connectivity index (χ4n) is 1.68. The van der Waals surface area contributed by atoms with Crippen LogP contribution in [-0.2, 0) is 6.42 Å². The molecule has 0 unspecified atom stereocenters. The molecule has 0 saturated carbocycles. The van der Waals surface area contributed by atoms with Gasteiger partial charge in [0.2, 0.25) is 0 Å². The van der Waals surface area contributed by atoms with Crippen LogP contribution in [0, 0.1) is 0 Å². The smallest absolute Gasteiger partial charge is 0.318 e. The first kappa shape index (κ1) is 17.2. The number of carbonyl (C=O) groups is 1. The van der Waals surface area contributed by atoms with Crippen molar-refractivity contribution < 1.29 is 4.79 Å². The molecule has 4 N–H and O–H groups in total. The highest BCUT2D eigenvalue weighted by molar-refractivity contribution is 6.31. The average molecular weight is 312 g/mol. The minimum Gasteiger partial charge on any atom is -0.356 e. The van der Waals surface area contributed by atoms with Gasteiger partial charge >= 0.3 is 6.03 Å². The Hall–Kier alpha value is -1.82. The zero-order valence-corrected chi connectivity index (χ0v) is 13.0. The van der Waals surface area contributed by atoms with E-state index in [4.69, 9.17) is 17.3 Å². The van der Waals surface area contributed by atoms with E-state index in [1.807, 2.05) is 6.07 Å². The number of urea groups is 1. The Morgan fingerprint density at radius 3 is 2.95 bits per heavy atom. The molecule has 1 rings (SSSR count). The van der Waals surface area contributed by atoms with E-state index >= 15 is 0 Å². The lowest BCUT2D eigenvalue weighted by Gasteiger charge is -2.09. The quantitative estimate of drug-likeness (QED) is 0.409. The third-order valence-corrected chi connectivity index (χ3v) is 3.08. The Morgan fingerprint density at radius 2 is 2.29 bits per heavy atom. The Kier molecular flexibility index (Phi) is 8.19. The number of aryl methyl sites for hydroxylation is 1. The maximum Gasteiger partial charge on any atom is 0.318 e. The Bertz CT molecular complexity index is 478. The molecular weight excluding hydrogens is 290 g/mol. The minimum absolute atomic E-state index is 0.420. The third-order valence-electron chi connectivity index (χ3n) is 2.74. The van der Waals surface area contributed by atoms with Crippen molar-refractivity contribution in [2.75, 3.05) is 13.1 Å². The van der Waals surface area contributed by atoms with Crippen LogP contribution in [0.5, 0.6) is 0 Å². The van der Waals surface area contributed by atoms with Crippen LogP contribution in [0.25, 0.3) is 0 Å². The number of nitrogens with zero attached hydrogens (tertiary/aromatic N) is 2. The summed E-state index contributed by atoms with van der Waals surface area (Å²) in [5.74, 6) is 0.420. The molecule has 7 heteroatoms. The van der Waals surface area contributed by atoms with E-state index in [0.717, 1.165) is 37.9 Å². The predicted octanol–water partition coefficient (Wildman–Crippen LogP) is 2.08. The number of hydrogen-bond acceptors (Lipinski definition) is 3. The number of aromatic nitrogens is 1. The molecule has 0 atom stereocenters. The lowest BCUT2D eigenvalue weighted by molar-refractivity contribution is 0.253. The summed E-state index contributed by atoms with van der Waals surface area (Å²) in [6.45, 7) is 3.40. The van der Waals surface area contributed by atoms with Gasteiger partial charge in [-0.3, -0.25) is 15.3 Å². The summed E-state index contributed by atoms with van der Waals surface area (Å²) in [7, 11) is 0. The molecule has 1 aromatic heterocycles. The summed E-state index contributed by atoms with van der Waals surface area (Å²) in [6, 6.07) is 3.00. The van der Waals surface area contributed by atoms with Gasteiger partial charge in [0, 0.05) is 19.3 Å². The zero-order chi connectivity index (χ0) is 15.5. The molecule has 0 aliphatic rings. The van der Waals surface area contributed by atoms with Gasteiger partial charge in [-0.15, -0.1) is 0 Å². The molecule has 0 aliphatic carbocycles. The molecule has 0 aromatic carbocycles. The van der Waals surface area contributed by atoms with Gasteiger partial charge < -0.3 is 11.1 Å². The minimum atomic E-state index is -0.620. The average Bonchev–Trinajstić information content (AvgIpc) is 2.44. The predicted molar refractivity (Wildman–Crippen MR) is 85.5 cm³/mol. The molecule has 0 aliphatic heterocycles. The van der Waals surface area contributed by atoms with Crippen molar-refractivity contribution in [3.05, 3.63) is 29.0 Å². The van der Waals surface area contributed by atoms with Gasteiger partial charge in [-0.25, -0.2) is 4.79 Å². The molecule has 116 valence electrons. The number of aliphatic imine (C=N–C) groups is 1. The number of nitrogens with one attached hydrogen (secondary N) is 2. The number of pyridine rings is 1. The van der Waals surface area contributed by atoms with Crippen molar-refractivity contribution >= 4 is 23.6 Å². The summed E-state index contributed by atoms with van der Waals surface area (Å²) < 4.78 is 0. The van der Waals surface area contributed by atoms with E-state index in [1.165, 1.54) is 0 Å². The standard InChI is InChI=1S/C14H22ClN5O/c1-2-3-8-18-14(20-13(16)21)19-10-5-7-12-11(15)6-4-9-17-12/h4,6,9H,2-3,5,7-8,10H2,1H3,(H4,16,18,19,20,21). The Labute approximate surface area is 130 Å². The number of primary amides is 1. The third kappa shape index (κ3) is 7.51. The number of carbonyl (C=O) groups excluding carboxylic acids is 1. The molecule has 1 heterocycles. The summed E-state index contributed by atoms with van der Waals surface area (Å²) in [5.41, 5.74) is 5.97. The summed E-state index contributed by atoms with van der Waals surface area (Å²) >= 11 is 6.03. The van der Waals surface area contributed by atoms with E-state index in [2.05, 4.69) is 27.5 Å². The molecule has 0 saturated heterocycles. The first-order valence-electron chi connectivity index (χ1n) is 7.07. The highest BCUT2D eigenvalue weighted by Crippen LogP contribution is 2.13. The number of guanidine groups is 1. The van der Waals surface area contributed by atoms with Gasteiger partial charge in [0.15, 0.2) is 5.96 Å².